The second-order valence-electron chi connectivity index (χ2n) is 10.2. The van der Waals surface area contributed by atoms with Crippen LogP contribution in [0.3, 0.4) is 0 Å². The van der Waals surface area contributed by atoms with Gasteiger partial charge in [0.15, 0.2) is 0 Å². The number of carbonyl (C=O) groups excluding carboxylic acids is 2. The number of hydrogen-bond acceptors (Lipinski definition) is 5. The van der Waals surface area contributed by atoms with Crippen LogP contribution in [0.5, 0.6) is 0 Å². The molecule has 2 amide bonds. The van der Waals surface area contributed by atoms with Crippen LogP contribution < -0.4 is 10.2 Å². The minimum Gasteiger partial charge on any atom is -0.349 e. The number of nitrogens with one attached hydrogen (secondary N) is 1. The van der Waals surface area contributed by atoms with Gasteiger partial charge in [-0.3, -0.25) is 19.5 Å². The van der Waals surface area contributed by atoms with E-state index in [1.54, 1.807) is 35.1 Å². The van der Waals surface area contributed by atoms with Crippen molar-refractivity contribution in [3.63, 3.8) is 0 Å². The number of aromatic nitrogens is 3. The SMILES string of the molecule is Cc1ccc(-n2nc(-c3ccc(Cl)cc3)c3c2N(CC(=O)NCc2ccccn2)C(=O)CSC3c2ccc(F)cc2)cc1. The fraction of sp³-hybridized carbons (Fsp3) is 0.152. The van der Waals surface area contributed by atoms with Crippen LogP contribution in [0.2, 0.25) is 5.02 Å². The van der Waals surface area contributed by atoms with E-state index < -0.39 is 0 Å². The van der Waals surface area contributed by atoms with E-state index in [0.29, 0.717) is 22.2 Å². The number of pyridine rings is 1. The molecule has 0 fully saturated rings. The van der Waals surface area contributed by atoms with Gasteiger partial charge < -0.3 is 5.32 Å². The van der Waals surface area contributed by atoms with Gasteiger partial charge in [0, 0.05) is 22.3 Å². The van der Waals surface area contributed by atoms with Crippen LogP contribution in [0.4, 0.5) is 10.2 Å². The lowest BCUT2D eigenvalue weighted by Crippen LogP contribution is -2.42. The van der Waals surface area contributed by atoms with E-state index in [0.717, 1.165) is 27.9 Å². The molecule has 1 N–H and O–H groups in total. The summed E-state index contributed by atoms with van der Waals surface area (Å²) >= 11 is 7.65. The summed E-state index contributed by atoms with van der Waals surface area (Å²) in [6.07, 6.45) is 1.66. The zero-order chi connectivity index (χ0) is 29.9. The van der Waals surface area contributed by atoms with Crippen LogP contribution in [0, 0.1) is 12.7 Å². The predicted molar refractivity (Wildman–Crippen MR) is 168 cm³/mol. The van der Waals surface area contributed by atoms with Crippen molar-refractivity contribution in [1.29, 1.82) is 0 Å². The van der Waals surface area contributed by atoms with E-state index in [1.165, 1.54) is 28.8 Å². The molecule has 10 heteroatoms. The fourth-order valence-electron chi connectivity index (χ4n) is 5.00. The molecule has 3 heterocycles. The highest BCUT2D eigenvalue weighted by Gasteiger charge is 2.37. The Morgan fingerprint density at radius 3 is 2.47 bits per heavy atom. The van der Waals surface area contributed by atoms with Crippen molar-refractivity contribution in [3.8, 4) is 16.9 Å². The Bertz CT molecular complexity index is 1760. The van der Waals surface area contributed by atoms with Crippen molar-refractivity contribution in [2.24, 2.45) is 0 Å². The van der Waals surface area contributed by atoms with E-state index in [-0.39, 0.29) is 41.7 Å². The summed E-state index contributed by atoms with van der Waals surface area (Å²) in [5, 5.41) is 8.17. The third-order valence-electron chi connectivity index (χ3n) is 7.15. The summed E-state index contributed by atoms with van der Waals surface area (Å²) in [5.74, 6) is -0.318. The van der Waals surface area contributed by atoms with Gasteiger partial charge in [-0.2, -0.15) is 5.10 Å². The maximum atomic E-state index is 14.0. The van der Waals surface area contributed by atoms with Gasteiger partial charge in [0.05, 0.1) is 34.6 Å². The maximum Gasteiger partial charge on any atom is 0.240 e. The molecule has 216 valence electrons. The number of hydrogen-bond donors (Lipinski definition) is 1. The van der Waals surface area contributed by atoms with Crippen molar-refractivity contribution in [3.05, 3.63) is 130 Å². The van der Waals surface area contributed by atoms with Crippen LogP contribution in [-0.2, 0) is 16.1 Å². The highest BCUT2D eigenvalue weighted by atomic mass is 35.5. The highest BCUT2D eigenvalue weighted by Crippen LogP contribution is 2.48. The summed E-state index contributed by atoms with van der Waals surface area (Å²) < 4.78 is 15.7. The standard InChI is InChI=1S/C33H27ClFN5O2S/c1-21-5-15-27(16-6-21)40-33-30(31(38-40)22-7-11-24(34)12-8-22)32(23-9-13-25(35)14-10-23)43-20-29(42)39(33)19-28(41)37-18-26-4-2-3-17-36-26/h2-17,32H,18-20H2,1H3,(H,37,41). The molecular weight excluding hydrogens is 585 g/mol. The minimum atomic E-state index is -0.369. The van der Waals surface area contributed by atoms with Crippen molar-refractivity contribution >= 4 is 41.0 Å². The first-order valence-electron chi connectivity index (χ1n) is 13.7. The van der Waals surface area contributed by atoms with Gasteiger partial charge in [0.25, 0.3) is 0 Å². The average molecular weight is 612 g/mol. The molecule has 3 aromatic carbocycles. The molecule has 1 aliphatic rings. The van der Waals surface area contributed by atoms with E-state index in [9.17, 15) is 14.0 Å². The lowest BCUT2D eigenvalue weighted by molar-refractivity contribution is -0.123. The quantitative estimate of drug-likeness (QED) is 0.227. The van der Waals surface area contributed by atoms with E-state index >= 15 is 0 Å². The summed E-state index contributed by atoms with van der Waals surface area (Å²) in [6, 6.07) is 26.9. The van der Waals surface area contributed by atoms with Crippen LogP contribution in [0.15, 0.2) is 97.2 Å². The van der Waals surface area contributed by atoms with Crippen molar-refractivity contribution < 1.29 is 14.0 Å². The second-order valence-corrected chi connectivity index (χ2v) is 11.7. The molecule has 7 nitrogen and oxygen atoms in total. The molecule has 0 aliphatic carbocycles. The van der Waals surface area contributed by atoms with Crippen LogP contribution >= 0.6 is 23.4 Å². The van der Waals surface area contributed by atoms with Gasteiger partial charge in [0.1, 0.15) is 18.2 Å². The Morgan fingerprint density at radius 2 is 1.77 bits per heavy atom. The summed E-state index contributed by atoms with van der Waals surface area (Å²) in [4.78, 5) is 32.9. The number of rotatable bonds is 7. The normalized spacial score (nSPS) is 14.7. The molecule has 0 spiro atoms. The van der Waals surface area contributed by atoms with Crippen molar-refractivity contribution in [2.45, 2.75) is 18.7 Å². The number of anilines is 1. The first-order valence-corrected chi connectivity index (χ1v) is 15.1. The fourth-order valence-corrected chi connectivity index (χ4v) is 6.32. The molecule has 5 aromatic rings. The molecule has 0 bridgehead atoms. The molecule has 0 saturated heterocycles. The summed E-state index contributed by atoms with van der Waals surface area (Å²) in [5.41, 5.74) is 5.53. The van der Waals surface area contributed by atoms with Crippen molar-refractivity contribution in [2.75, 3.05) is 17.2 Å². The highest BCUT2D eigenvalue weighted by molar-refractivity contribution is 8.00. The third kappa shape index (κ3) is 6.18. The Labute approximate surface area is 257 Å². The Kier molecular flexibility index (Phi) is 8.26. The second kappa shape index (κ2) is 12.4. The van der Waals surface area contributed by atoms with Crippen LogP contribution in [0.25, 0.3) is 16.9 Å². The molecule has 43 heavy (non-hydrogen) atoms. The minimum absolute atomic E-state index is 0.109. The molecule has 1 aliphatic heterocycles. The number of carbonyl (C=O) groups is 2. The first kappa shape index (κ1) is 28.6. The molecule has 0 radical (unpaired) electrons. The number of aryl methyl sites for hydroxylation is 1. The van der Waals surface area contributed by atoms with Gasteiger partial charge in [0.2, 0.25) is 11.8 Å². The Hall–Kier alpha value is -4.47. The Morgan fingerprint density at radius 1 is 1.02 bits per heavy atom. The largest absolute Gasteiger partial charge is 0.349 e. The number of thioether (sulfide) groups is 1. The zero-order valence-electron chi connectivity index (χ0n) is 23.2. The summed E-state index contributed by atoms with van der Waals surface area (Å²) in [6.45, 7) is 2.01. The summed E-state index contributed by atoms with van der Waals surface area (Å²) in [7, 11) is 0. The lowest BCUT2D eigenvalue weighted by atomic mass is 9.99. The molecule has 6 rings (SSSR count). The van der Waals surface area contributed by atoms with Crippen LogP contribution in [0.1, 0.15) is 27.6 Å². The number of nitrogens with zero attached hydrogens (tertiary/aromatic N) is 4. The van der Waals surface area contributed by atoms with Gasteiger partial charge in [-0.25, -0.2) is 9.07 Å². The van der Waals surface area contributed by atoms with Gasteiger partial charge >= 0.3 is 0 Å². The van der Waals surface area contributed by atoms with Crippen molar-refractivity contribution in [1.82, 2.24) is 20.1 Å². The zero-order valence-corrected chi connectivity index (χ0v) is 24.8. The van der Waals surface area contributed by atoms with E-state index in [1.807, 2.05) is 61.5 Å². The van der Waals surface area contributed by atoms with E-state index in [2.05, 4.69) is 10.3 Å². The molecule has 1 unspecified atom stereocenters. The number of fused-ring (bicyclic) bond motifs is 1. The lowest BCUT2D eigenvalue weighted by Gasteiger charge is -2.23. The van der Waals surface area contributed by atoms with Gasteiger partial charge in [-0.05, 0) is 61.0 Å². The Balaban J connectivity index is 1.52. The van der Waals surface area contributed by atoms with Crippen LogP contribution in [-0.4, -0.2) is 38.9 Å². The molecular formula is C33H27ClFN5O2S. The van der Waals surface area contributed by atoms with Gasteiger partial charge in [-0.1, -0.05) is 59.6 Å². The first-order chi connectivity index (χ1) is 20.9. The van der Waals surface area contributed by atoms with Gasteiger partial charge in [-0.15, -0.1) is 11.8 Å². The third-order valence-corrected chi connectivity index (χ3v) is 8.66. The number of amides is 2. The van der Waals surface area contributed by atoms with E-state index in [4.69, 9.17) is 16.7 Å². The molecule has 1 atom stereocenters. The smallest absolute Gasteiger partial charge is 0.240 e. The number of benzene rings is 3. The topological polar surface area (TPSA) is 80.1 Å². The monoisotopic (exact) mass is 611 g/mol. The maximum absolute atomic E-state index is 14.0. The predicted octanol–water partition coefficient (Wildman–Crippen LogP) is 6.52. The molecule has 2 aromatic heterocycles. The average Bonchev–Trinajstić information content (AvgIpc) is 3.34. The molecule has 0 saturated carbocycles. The number of halogens is 2.